The van der Waals surface area contributed by atoms with E-state index < -0.39 is 0 Å². The van der Waals surface area contributed by atoms with Crippen LogP contribution in [0.3, 0.4) is 0 Å². The number of rotatable bonds is 5. The summed E-state index contributed by atoms with van der Waals surface area (Å²) in [6.45, 7) is 3.95. The molecule has 3 heteroatoms. The minimum absolute atomic E-state index is 0.783. The molecule has 0 radical (unpaired) electrons. The van der Waals surface area contributed by atoms with Crippen molar-refractivity contribution in [3.63, 3.8) is 0 Å². The van der Waals surface area contributed by atoms with Crippen LogP contribution < -0.4 is 10.1 Å². The van der Waals surface area contributed by atoms with Crippen molar-refractivity contribution in [2.24, 2.45) is 0 Å². The van der Waals surface area contributed by atoms with Crippen LogP contribution >= 0.6 is 0 Å². The highest BCUT2D eigenvalue weighted by Crippen LogP contribution is 2.23. The predicted molar refractivity (Wildman–Crippen MR) is 64.8 cm³/mol. The van der Waals surface area contributed by atoms with Gasteiger partial charge in [-0.3, -0.25) is 0 Å². The third-order valence-electron chi connectivity index (χ3n) is 2.50. The first-order valence-corrected chi connectivity index (χ1v) is 5.60. The molecule has 1 heterocycles. The predicted octanol–water partition coefficient (Wildman–Crippen LogP) is 2.94. The van der Waals surface area contributed by atoms with Crippen LogP contribution in [0.2, 0.25) is 0 Å². The van der Waals surface area contributed by atoms with Crippen molar-refractivity contribution in [1.82, 2.24) is 5.32 Å². The summed E-state index contributed by atoms with van der Waals surface area (Å²) < 4.78 is 10.9. The molecule has 0 bridgehead atoms. The Morgan fingerprint density at radius 1 is 1.31 bits per heavy atom. The van der Waals surface area contributed by atoms with Crippen LogP contribution in [0, 0.1) is 0 Å². The van der Waals surface area contributed by atoms with Crippen LogP contribution in [-0.2, 0) is 6.54 Å². The number of methoxy groups -OCH3 is 1. The van der Waals surface area contributed by atoms with Gasteiger partial charge in [0.2, 0.25) is 0 Å². The second-order valence-electron chi connectivity index (χ2n) is 3.79. The molecule has 0 saturated heterocycles. The molecular weight excluding hydrogens is 202 g/mol. The minimum atomic E-state index is 0.783. The Labute approximate surface area is 95.4 Å². The molecule has 86 valence electrons. The largest absolute Gasteiger partial charge is 0.497 e. The van der Waals surface area contributed by atoms with Crippen molar-refractivity contribution in [3.05, 3.63) is 30.0 Å². The van der Waals surface area contributed by atoms with E-state index in [0.29, 0.717) is 0 Å². The normalized spacial score (nSPS) is 10.9. The standard InChI is InChI=1S/C13H17NO2/c1-3-6-14-9-12-8-10-7-11(15-2)4-5-13(10)16-12/h4-5,7-8,14H,3,6,9H2,1-2H3. The lowest BCUT2D eigenvalue weighted by Gasteiger charge is -1.97. The quantitative estimate of drug-likeness (QED) is 0.785. The fraction of sp³-hybridized carbons (Fsp3) is 0.385. The van der Waals surface area contributed by atoms with Gasteiger partial charge in [0.15, 0.2) is 0 Å². The molecule has 0 aliphatic rings. The fourth-order valence-electron chi connectivity index (χ4n) is 1.68. The highest BCUT2D eigenvalue weighted by atomic mass is 16.5. The molecule has 2 aromatic rings. The summed E-state index contributed by atoms with van der Waals surface area (Å²) >= 11 is 0. The fourth-order valence-corrected chi connectivity index (χ4v) is 1.68. The number of ether oxygens (including phenoxy) is 1. The van der Waals surface area contributed by atoms with Crippen LogP contribution in [0.25, 0.3) is 11.0 Å². The number of hydrogen-bond donors (Lipinski definition) is 1. The molecule has 3 nitrogen and oxygen atoms in total. The summed E-state index contributed by atoms with van der Waals surface area (Å²) in [5.74, 6) is 1.83. The Morgan fingerprint density at radius 3 is 2.94 bits per heavy atom. The third kappa shape index (κ3) is 2.36. The maximum atomic E-state index is 5.70. The first kappa shape index (κ1) is 11.0. The van der Waals surface area contributed by atoms with Crippen LogP contribution in [0.1, 0.15) is 19.1 Å². The highest BCUT2D eigenvalue weighted by Gasteiger charge is 2.04. The van der Waals surface area contributed by atoms with E-state index in [0.717, 1.165) is 42.0 Å². The molecule has 0 fully saturated rings. The summed E-state index contributed by atoms with van der Waals surface area (Å²) in [5, 5.41) is 4.41. The molecule has 0 aliphatic carbocycles. The van der Waals surface area contributed by atoms with Gasteiger partial charge in [-0.1, -0.05) is 6.92 Å². The Kier molecular flexibility index (Phi) is 3.47. The number of benzene rings is 1. The molecule has 0 amide bonds. The lowest BCUT2D eigenvalue weighted by molar-refractivity contribution is 0.415. The second-order valence-corrected chi connectivity index (χ2v) is 3.79. The van der Waals surface area contributed by atoms with Gasteiger partial charge in [0.05, 0.1) is 13.7 Å². The van der Waals surface area contributed by atoms with Crippen LogP contribution in [0.15, 0.2) is 28.7 Å². The zero-order valence-electron chi connectivity index (χ0n) is 9.75. The van der Waals surface area contributed by atoms with Crippen molar-refractivity contribution < 1.29 is 9.15 Å². The summed E-state index contributed by atoms with van der Waals surface area (Å²) in [6.07, 6.45) is 1.13. The smallest absolute Gasteiger partial charge is 0.134 e. The minimum Gasteiger partial charge on any atom is -0.497 e. The molecule has 0 saturated carbocycles. The van der Waals surface area contributed by atoms with Gasteiger partial charge in [-0.15, -0.1) is 0 Å². The lowest BCUT2D eigenvalue weighted by Crippen LogP contribution is -2.12. The maximum Gasteiger partial charge on any atom is 0.134 e. The zero-order chi connectivity index (χ0) is 11.4. The van der Waals surface area contributed by atoms with Crippen molar-refractivity contribution in [2.75, 3.05) is 13.7 Å². The zero-order valence-corrected chi connectivity index (χ0v) is 9.75. The van der Waals surface area contributed by atoms with Gasteiger partial charge in [0, 0.05) is 5.39 Å². The molecule has 2 rings (SSSR count). The van der Waals surface area contributed by atoms with E-state index in [1.165, 1.54) is 0 Å². The first-order valence-electron chi connectivity index (χ1n) is 5.60. The summed E-state index contributed by atoms with van der Waals surface area (Å²) in [4.78, 5) is 0. The van der Waals surface area contributed by atoms with Crippen LogP contribution in [0.4, 0.5) is 0 Å². The molecule has 0 unspecified atom stereocenters. The van der Waals surface area contributed by atoms with E-state index in [1.54, 1.807) is 7.11 Å². The molecule has 16 heavy (non-hydrogen) atoms. The Bertz CT molecular complexity index is 462. The molecule has 1 aromatic heterocycles. The van der Waals surface area contributed by atoms with E-state index in [1.807, 2.05) is 18.2 Å². The molecular formula is C13H17NO2. The Hall–Kier alpha value is -1.48. The van der Waals surface area contributed by atoms with Gasteiger partial charge in [-0.05, 0) is 37.2 Å². The maximum absolute atomic E-state index is 5.70. The van der Waals surface area contributed by atoms with Gasteiger partial charge in [0.1, 0.15) is 17.1 Å². The Balaban J connectivity index is 2.16. The molecule has 1 N–H and O–H groups in total. The molecule has 0 atom stereocenters. The SMILES string of the molecule is CCCNCc1cc2cc(OC)ccc2o1. The average Bonchev–Trinajstić information content (AvgIpc) is 2.70. The van der Waals surface area contributed by atoms with Gasteiger partial charge in [0.25, 0.3) is 0 Å². The lowest BCUT2D eigenvalue weighted by atomic mass is 10.2. The van der Waals surface area contributed by atoms with E-state index in [4.69, 9.17) is 9.15 Å². The highest BCUT2D eigenvalue weighted by molar-refractivity contribution is 5.79. The first-order chi connectivity index (χ1) is 7.83. The average molecular weight is 219 g/mol. The molecule has 0 spiro atoms. The summed E-state index contributed by atoms with van der Waals surface area (Å²) in [6, 6.07) is 7.90. The van der Waals surface area contributed by atoms with Crippen LogP contribution in [-0.4, -0.2) is 13.7 Å². The van der Waals surface area contributed by atoms with Crippen LogP contribution in [0.5, 0.6) is 5.75 Å². The molecule has 0 aliphatic heterocycles. The van der Waals surface area contributed by atoms with E-state index in [2.05, 4.69) is 18.3 Å². The van der Waals surface area contributed by atoms with Crippen molar-refractivity contribution in [1.29, 1.82) is 0 Å². The Morgan fingerprint density at radius 2 is 2.19 bits per heavy atom. The monoisotopic (exact) mass is 219 g/mol. The van der Waals surface area contributed by atoms with Gasteiger partial charge < -0.3 is 14.5 Å². The summed E-state index contributed by atoms with van der Waals surface area (Å²) in [5.41, 5.74) is 0.911. The number of furan rings is 1. The molecule has 1 aromatic carbocycles. The van der Waals surface area contributed by atoms with Gasteiger partial charge in [-0.2, -0.15) is 0 Å². The second kappa shape index (κ2) is 5.03. The van der Waals surface area contributed by atoms with E-state index >= 15 is 0 Å². The number of hydrogen-bond acceptors (Lipinski definition) is 3. The van der Waals surface area contributed by atoms with Crippen molar-refractivity contribution in [2.45, 2.75) is 19.9 Å². The summed E-state index contributed by atoms with van der Waals surface area (Å²) in [7, 11) is 1.67. The van der Waals surface area contributed by atoms with E-state index in [-0.39, 0.29) is 0 Å². The van der Waals surface area contributed by atoms with E-state index in [9.17, 15) is 0 Å². The number of nitrogens with one attached hydrogen (secondary N) is 1. The third-order valence-corrected chi connectivity index (χ3v) is 2.50. The van der Waals surface area contributed by atoms with Crippen molar-refractivity contribution in [3.8, 4) is 5.75 Å². The number of fused-ring (bicyclic) bond motifs is 1. The van der Waals surface area contributed by atoms with Gasteiger partial charge in [-0.25, -0.2) is 0 Å². The van der Waals surface area contributed by atoms with Gasteiger partial charge >= 0.3 is 0 Å². The van der Waals surface area contributed by atoms with Crippen molar-refractivity contribution >= 4 is 11.0 Å². The topological polar surface area (TPSA) is 34.4 Å².